The fourth-order valence-corrected chi connectivity index (χ4v) is 1.80. The summed E-state index contributed by atoms with van der Waals surface area (Å²) in [6, 6.07) is 0. The van der Waals surface area contributed by atoms with E-state index in [0.717, 1.165) is 0 Å². The quantitative estimate of drug-likeness (QED) is 0.510. The minimum absolute atomic E-state index is 0.0566. The van der Waals surface area contributed by atoms with E-state index in [9.17, 15) is 14.4 Å². The summed E-state index contributed by atoms with van der Waals surface area (Å²) in [6.45, 7) is 1.36. The third-order valence-corrected chi connectivity index (χ3v) is 2.54. The zero-order chi connectivity index (χ0) is 11.7. The Bertz CT molecular complexity index is 477. The third kappa shape index (κ3) is 1.74. The maximum Gasteiger partial charge on any atom is 0.302 e. The third-order valence-electron chi connectivity index (χ3n) is 2.54. The first kappa shape index (κ1) is 10.5. The van der Waals surface area contributed by atoms with Crippen LogP contribution in [0.2, 0.25) is 0 Å². The highest BCUT2D eigenvalue weighted by Crippen LogP contribution is 2.30. The minimum atomic E-state index is -0.403. The Morgan fingerprint density at radius 3 is 2.69 bits per heavy atom. The summed E-state index contributed by atoms with van der Waals surface area (Å²) in [5.74, 6) is -0.728. The molecular weight excluding hydrogens is 208 g/mol. The SMILES string of the molecule is CC(=O)OCC1=CCC2=C1C(=O)C=CC2=O. The lowest BCUT2D eigenvalue weighted by atomic mass is 9.94. The van der Waals surface area contributed by atoms with Crippen molar-refractivity contribution in [1.82, 2.24) is 0 Å². The van der Waals surface area contributed by atoms with Gasteiger partial charge in [0.15, 0.2) is 11.6 Å². The van der Waals surface area contributed by atoms with Crippen molar-refractivity contribution in [2.75, 3.05) is 6.61 Å². The van der Waals surface area contributed by atoms with E-state index < -0.39 is 5.97 Å². The van der Waals surface area contributed by atoms with Gasteiger partial charge in [-0.05, 0) is 24.1 Å². The van der Waals surface area contributed by atoms with Crippen molar-refractivity contribution >= 4 is 17.5 Å². The van der Waals surface area contributed by atoms with E-state index >= 15 is 0 Å². The number of carbonyl (C=O) groups is 3. The van der Waals surface area contributed by atoms with E-state index in [2.05, 4.69) is 0 Å². The molecule has 0 spiro atoms. The number of esters is 1. The van der Waals surface area contributed by atoms with Gasteiger partial charge < -0.3 is 4.74 Å². The van der Waals surface area contributed by atoms with Gasteiger partial charge in [-0.2, -0.15) is 0 Å². The standard InChI is InChI=1S/C12H10O4/c1-7(13)16-6-8-2-3-9-10(14)4-5-11(15)12(8)9/h2,4-5H,3,6H2,1H3. The van der Waals surface area contributed by atoms with Gasteiger partial charge >= 0.3 is 5.97 Å². The Morgan fingerprint density at radius 2 is 2.00 bits per heavy atom. The van der Waals surface area contributed by atoms with E-state index in [0.29, 0.717) is 23.1 Å². The normalized spacial score (nSPS) is 18.7. The first-order valence-electron chi connectivity index (χ1n) is 4.92. The molecule has 0 amide bonds. The predicted molar refractivity (Wildman–Crippen MR) is 55.5 cm³/mol. The van der Waals surface area contributed by atoms with Crippen molar-refractivity contribution in [2.24, 2.45) is 0 Å². The van der Waals surface area contributed by atoms with Crippen LogP contribution < -0.4 is 0 Å². The molecule has 4 heteroatoms. The fraction of sp³-hybridized carbons (Fsp3) is 0.250. The second-order valence-electron chi connectivity index (χ2n) is 3.63. The number of hydrogen-bond donors (Lipinski definition) is 0. The number of hydrogen-bond acceptors (Lipinski definition) is 4. The second-order valence-corrected chi connectivity index (χ2v) is 3.63. The Labute approximate surface area is 92.3 Å². The zero-order valence-electron chi connectivity index (χ0n) is 8.78. The molecule has 0 heterocycles. The van der Waals surface area contributed by atoms with Crippen LogP contribution in [0, 0.1) is 0 Å². The highest BCUT2D eigenvalue weighted by molar-refractivity contribution is 6.22. The molecule has 0 unspecified atom stereocenters. The molecule has 0 atom stereocenters. The van der Waals surface area contributed by atoms with Gasteiger partial charge in [0, 0.05) is 18.1 Å². The van der Waals surface area contributed by atoms with Gasteiger partial charge in [-0.25, -0.2) is 0 Å². The number of ketones is 2. The molecule has 2 aliphatic rings. The monoisotopic (exact) mass is 218 g/mol. The molecule has 0 aromatic carbocycles. The molecule has 0 saturated heterocycles. The van der Waals surface area contributed by atoms with E-state index in [1.54, 1.807) is 6.08 Å². The molecule has 0 aromatic heterocycles. The molecule has 4 nitrogen and oxygen atoms in total. The molecule has 0 fully saturated rings. The lowest BCUT2D eigenvalue weighted by molar-refractivity contribution is -0.140. The number of allylic oxidation sites excluding steroid dienone is 4. The van der Waals surface area contributed by atoms with Crippen LogP contribution in [0.15, 0.2) is 34.9 Å². The van der Waals surface area contributed by atoms with Crippen LogP contribution in [0.3, 0.4) is 0 Å². The van der Waals surface area contributed by atoms with Gasteiger partial charge in [-0.3, -0.25) is 14.4 Å². The molecule has 0 saturated carbocycles. The molecule has 0 N–H and O–H groups in total. The summed E-state index contributed by atoms with van der Waals surface area (Å²) in [7, 11) is 0. The molecule has 0 aromatic rings. The summed E-state index contributed by atoms with van der Waals surface area (Å²) in [6.07, 6.45) is 4.75. The van der Waals surface area contributed by atoms with Crippen LogP contribution in [-0.2, 0) is 19.1 Å². The lowest BCUT2D eigenvalue weighted by Gasteiger charge is -2.10. The predicted octanol–water partition coefficient (Wildman–Crippen LogP) is 0.884. The summed E-state index contributed by atoms with van der Waals surface area (Å²) < 4.78 is 4.83. The van der Waals surface area contributed by atoms with Crippen LogP contribution in [0.5, 0.6) is 0 Å². The largest absolute Gasteiger partial charge is 0.461 e. The first-order valence-corrected chi connectivity index (χ1v) is 4.92. The topological polar surface area (TPSA) is 60.4 Å². The smallest absolute Gasteiger partial charge is 0.302 e. The van der Waals surface area contributed by atoms with Gasteiger partial charge in [0.2, 0.25) is 0 Å². The summed E-state index contributed by atoms with van der Waals surface area (Å²) in [4.78, 5) is 33.7. The lowest BCUT2D eigenvalue weighted by Crippen LogP contribution is -2.15. The molecule has 0 radical (unpaired) electrons. The Hall–Kier alpha value is -1.97. The van der Waals surface area contributed by atoms with Crippen molar-refractivity contribution in [1.29, 1.82) is 0 Å². The van der Waals surface area contributed by atoms with Gasteiger partial charge in [0.1, 0.15) is 6.61 Å². The van der Waals surface area contributed by atoms with E-state index in [1.165, 1.54) is 19.1 Å². The van der Waals surface area contributed by atoms with Gasteiger partial charge in [0.25, 0.3) is 0 Å². The van der Waals surface area contributed by atoms with Crippen molar-refractivity contribution in [2.45, 2.75) is 13.3 Å². The van der Waals surface area contributed by atoms with Gasteiger partial charge in [0.05, 0.1) is 0 Å². The second kappa shape index (κ2) is 3.89. The number of ether oxygens (including phenoxy) is 1. The summed E-state index contributed by atoms with van der Waals surface area (Å²) in [5, 5.41) is 0. The number of carbonyl (C=O) groups excluding carboxylic acids is 3. The summed E-state index contributed by atoms with van der Waals surface area (Å²) in [5.41, 5.74) is 1.55. The zero-order valence-corrected chi connectivity index (χ0v) is 8.78. The van der Waals surface area contributed by atoms with Gasteiger partial charge in [-0.1, -0.05) is 6.08 Å². The van der Waals surface area contributed by atoms with Crippen molar-refractivity contribution in [3.63, 3.8) is 0 Å². The minimum Gasteiger partial charge on any atom is -0.461 e. The number of rotatable bonds is 2. The molecule has 0 aliphatic heterocycles. The Morgan fingerprint density at radius 1 is 1.31 bits per heavy atom. The van der Waals surface area contributed by atoms with Gasteiger partial charge in [-0.15, -0.1) is 0 Å². The van der Waals surface area contributed by atoms with Crippen molar-refractivity contribution in [3.05, 3.63) is 34.9 Å². The fourth-order valence-electron chi connectivity index (χ4n) is 1.80. The molecule has 2 rings (SSSR count). The molecule has 0 bridgehead atoms. The Balaban J connectivity index is 2.22. The van der Waals surface area contributed by atoms with Crippen LogP contribution >= 0.6 is 0 Å². The molecule has 2 aliphatic carbocycles. The average molecular weight is 218 g/mol. The average Bonchev–Trinajstić information content (AvgIpc) is 2.65. The highest BCUT2D eigenvalue weighted by Gasteiger charge is 2.28. The van der Waals surface area contributed by atoms with E-state index in [-0.39, 0.29) is 18.2 Å². The maximum absolute atomic E-state index is 11.6. The van der Waals surface area contributed by atoms with Crippen LogP contribution in [-0.4, -0.2) is 24.1 Å². The molecule has 82 valence electrons. The van der Waals surface area contributed by atoms with Crippen LogP contribution in [0.1, 0.15) is 13.3 Å². The highest BCUT2D eigenvalue weighted by atomic mass is 16.5. The first-order chi connectivity index (χ1) is 7.59. The van der Waals surface area contributed by atoms with Crippen LogP contribution in [0.4, 0.5) is 0 Å². The van der Waals surface area contributed by atoms with E-state index in [4.69, 9.17) is 4.74 Å². The van der Waals surface area contributed by atoms with Crippen molar-refractivity contribution < 1.29 is 19.1 Å². The molecular formula is C12H10O4. The Kier molecular flexibility index (Phi) is 2.56. The van der Waals surface area contributed by atoms with Crippen molar-refractivity contribution in [3.8, 4) is 0 Å². The summed E-state index contributed by atoms with van der Waals surface area (Å²) >= 11 is 0. The van der Waals surface area contributed by atoms with Crippen LogP contribution in [0.25, 0.3) is 0 Å². The maximum atomic E-state index is 11.6. The van der Waals surface area contributed by atoms with E-state index in [1.807, 2.05) is 0 Å². The molecule has 16 heavy (non-hydrogen) atoms.